The van der Waals surface area contributed by atoms with Gasteiger partial charge in [-0.15, -0.1) is 0 Å². The van der Waals surface area contributed by atoms with E-state index in [0.29, 0.717) is 46.6 Å². The Bertz CT molecular complexity index is 4910. The van der Waals surface area contributed by atoms with Crippen molar-refractivity contribution >= 4 is 21.8 Å². The molecule has 10 heteroatoms. The molecule has 410 valence electrons. The molecule has 3 aliphatic carbocycles. The van der Waals surface area contributed by atoms with Gasteiger partial charge in [-0.3, -0.25) is 0 Å². The summed E-state index contributed by atoms with van der Waals surface area (Å²) in [6.45, 7) is 0. The summed E-state index contributed by atoms with van der Waals surface area (Å²) in [7, 11) is 0. The van der Waals surface area contributed by atoms with Crippen molar-refractivity contribution < 1.29 is 0 Å². The lowest BCUT2D eigenvalue weighted by molar-refractivity contribution is 0.754. The quantitative estimate of drug-likeness (QED) is 0.130. The normalized spacial score (nSPS) is 13.7. The van der Waals surface area contributed by atoms with Crippen LogP contribution in [0.3, 0.4) is 0 Å². The number of rotatable bonds is 10. The Balaban J connectivity index is 0.754. The summed E-state index contributed by atoms with van der Waals surface area (Å²) in [5, 5.41) is 1.99. The summed E-state index contributed by atoms with van der Waals surface area (Å²) in [4.78, 5) is 52.0. The van der Waals surface area contributed by atoms with Gasteiger partial charge in [0.05, 0.1) is 22.4 Å². The lowest BCUT2D eigenvalue weighted by Gasteiger charge is -2.42. The lowest BCUT2D eigenvalue weighted by atomic mass is 9.61. The molecule has 15 aromatic rings. The Morgan fingerprint density at radius 3 is 0.818 bits per heavy atom. The number of aromatic nitrogens is 10. The van der Waals surface area contributed by atoms with E-state index < -0.39 is 0 Å². The van der Waals surface area contributed by atoms with E-state index in [2.05, 4.69) is 109 Å². The molecule has 18 rings (SSSR count). The molecule has 88 heavy (non-hydrogen) atoms. The van der Waals surface area contributed by atoms with Crippen LogP contribution in [0.1, 0.15) is 45.2 Å². The maximum atomic E-state index is 5.31. The van der Waals surface area contributed by atoms with Crippen LogP contribution < -0.4 is 0 Å². The van der Waals surface area contributed by atoms with Gasteiger partial charge in [-0.05, 0) is 69.8 Å². The highest BCUT2D eigenvalue weighted by molar-refractivity contribution is 5.95. The largest absolute Gasteiger partial charge is 0.228 e. The zero-order valence-corrected chi connectivity index (χ0v) is 47.2. The van der Waals surface area contributed by atoms with Gasteiger partial charge < -0.3 is 0 Å². The molecular weight excluding hydrogens is 1080 g/mol. The molecule has 0 aliphatic heterocycles. The number of hydrogen-bond donors (Lipinski definition) is 0. The van der Waals surface area contributed by atoms with E-state index in [4.69, 9.17) is 49.8 Å². The topological polar surface area (TPSA) is 129 Å². The van der Waals surface area contributed by atoms with E-state index in [9.17, 15) is 0 Å². The molecule has 3 aliphatic rings. The number of hydrogen-bond acceptors (Lipinski definition) is 10. The van der Waals surface area contributed by atoms with E-state index in [1.54, 1.807) is 0 Å². The minimum atomic E-state index is -0.0502. The molecule has 0 saturated carbocycles. The van der Waals surface area contributed by atoms with Gasteiger partial charge in [0.25, 0.3) is 0 Å². The first-order chi connectivity index (χ1) is 43.6. The predicted molar refractivity (Wildman–Crippen MR) is 349 cm³/mol. The maximum Gasteiger partial charge on any atom is 0.164 e. The Morgan fingerprint density at radius 2 is 0.443 bits per heavy atom. The van der Waals surface area contributed by atoms with Gasteiger partial charge in [0.15, 0.2) is 46.6 Å². The molecule has 2 bridgehead atoms. The van der Waals surface area contributed by atoms with E-state index in [1.807, 2.05) is 170 Å². The van der Waals surface area contributed by atoms with E-state index in [1.165, 1.54) is 33.4 Å². The van der Waals surface area contributed by atoms with Crippen molar-refractivity contribution in [1.82, 2.24) is 49.8 Å². The Kier molecular flexibility index (Phi) is 12.1. The minimum absolute atomic E-state index is 0.0502. The Labute approximate surface area is 506 Å². The van der Waals surface area contributed by atoms with Gasteiger partial charge >= 0.3 is 0 Å². The Morgan fingerprint density at radius 1 is 0.170 bits per heavy atom. The molecule has 0 spiro atoms. The summed E-state index contributed by atoms with van der Waals surface area (Å²) in [6.07, 6.45) is 0. The maximum absolute atomic E-state index is 5.31. The fourth-order valence-electron chi connectivity index (χ4n) is 12.8. The third-order valence-corrected chi connectivity index (χ3v) is 16.9. The van der Waals surface area contributed by atoms with Gasteiger partial charge in [-0.25, -0.2) is 49.8 Å². The summed E-state index contributed by atoms with van der Waals surface area (Å²) in [5.41, 5.74) is 20.1. The highest BCUT2D eigenvalue weighted by atomic mass is 15.0. The van der Waals surface area contributed by atoms with E-state index in [-0.39, 0.29) is 11.8 Å². The molecule has 2 unspecified atom stereocenters. The van der Waals surface area contributed by atoms with Crippen LogP contribution in [0.25, 0.3) is 135 Å². The van der Waals surface area contributed by atoms with Gasteiger partial charge in [-0.2, -0.15) is 0 Å². The molecule has 0 fully saturated rings. The zero-order valence-electron chi connectivity index (χ0n) is 47.2. The van der Waals surface area contributed by atoms with Crippen LogP contribution in [-0.4, -0.2) is 49.8 Å². The lowest BCUT2D eigenvalue weighted by Crippen LogP contribution is -2.27. The van der Waals surface area contributed by atoms with Crippen LogP contribution in [0.2, 0.25) is 0 Å². The monoisotopic (exact) mass is 1120 g/mol. The molecule has 4 aromatic heterocycles. The fraction of sp³-hybridized carbons (Fsp3) is 0.0256. The number of fused-ring (bicyclic) bond motifs is 2. The number of nitrogens with zero attached hydrogens (tertiary/aromatic N) is 10. The van der Waals surface area contributed by atoms with Crippen LogP contribution in [-0.2, 0) is 0 Å². The summed E-state index contributed by atoms with van der Waals surface area (Å²) in [6, 6.07) is 96.0. The SMILES string of the molecule is c1ccc(-c2nc(-c3cccc(-c4nc(-c5ccccc5)c5ccccc5n4)c3)nc(-c3ccc4c(c3)C3c5ccccc5C4c4cc(-c5nc(-c6ccccc6)nc(-c6cccc(-c7nc(-c8ccccc8)c8ccccc8n7)c6)n5)ccc43)n2)cc1. The standard InChI is InChI=1S/C78H48N10/c1-5-21-47(22-6-1)69-61-35-15-17-37-65(61)79-73(81-69)51-29-19-31-53(43-51)75-83-71(49-25-9-3-10-26-49)85-77(87-75)55-39-41-59-63(45-55)67-57-33-13-14-34-58(57)68(59)64-46-56(40-42-60(64)67)78-86-72(50-27-11-4-12-28-50)84-76(88-78)54-32-20-30-52(44-54)74-80-66-38-18-16-36-62(66)70(82-74)48-23-7-2-8-24-48/h1-46,67-68H. The first-order valence-electron chi connectivity index (χ1n) is 29.4. The average molecular weight is 1130 g/mol. The van der Waals surface area contributed by atoms with Gasteiger partial charge in [0.2, 0.25) is 0 Å². The molecule has 11 aromatic carbocycles. The molecule has 0 N–H and O–H groups in total. The first-order valence-corrected chi connectivity index (χ1v) is 29.4. The van der Waals surface area contributed by atoms with Gasteiger partial charge in [-0.1, -0.05) is 243 Å². The van der Waals surface area contributed by atoms with Gasteiger partial charge in [0, 0.05) is 78.2 Å². The summed E-state index contributed by atoms with van der Waals surface area (Å²) >= 11 is 0. The minimum Gasteiger partial charge on any atom is -0.228 e. The molecule has 0 amide bonds. The summed E-state index contributed by atoms with van der Waals surface area (Å²) in [5.74, 6) is 4.60. The van der Waals surface area contributed by atoms with E-state index >= 15 is 0 Å². The Hall–Kier alpha value is -11.9. The van der Waals surface area contributed by atoms with Crippen molar-refractivity contribution in [2.75, 3.05) is 0 Å². The van der Waals surface area contributed by atoms with Crippen molar-refractivity contribution in [3.63, 3.8) is 0 Å². The fourth-order valence-corrected chi connectivity index (χ4v) is 12.8. The molecule has 0 saturated heterocycles. The van der Waals surface area contributed by atoms with Crippen LogP contribution in [0.15, 0.2) is 279 Å². The summed E-state index contributed by atoms with van der Waals surface area (Å²) < 4.78 is 0. The van der Waals surface area contributed by atoms with Crippen molar-refractivity contribution in [1.29, 1.82) is 0 Å². The van der Waals surface area contributed by atoms with Crippen LogP contribution in [0, 0.1) is 0 Å². The first kappa shape index (κ1) is 50.6. The number of benzene rings is 11. The van der Waals surface area contributed by atoms with Crippen molar-refractivity contribution in [2.45, 2.75) is 11.8 Å². The second kappa shape index (κ2) is 21.0. The molecule has 10 nitrogen and oxygen atoms in total. The molecule has 0 radical (unpaired) electrons. The van der Waals surface area contributed by atoms with Crippen LogP contribution in [0.4, 0.5) is 0 Å². The zero-order chi connectivity index (χ0) is 58.1. The molecular formula is C78H48N10. The third-order valence-electron chi connectivity index (χ3n) is 16.9. The second-order valence-corrected chi connectivity index (χ2v) is 22.2. The van der Waals surface area contributed by atoms with Gasteiger partial charge in [0.1, 0.15) is 0 Å². The molecule has 4 heterocycles. The second-order valence-electron chi connectivity index (χ2n) is 22.2. The highest BCUT2D eigenvalue weighted by Crippen LogP contribution is 2.57. The predicted octanol–water partition coefficient (Wildman–Crippen LogP) is 17.6. The highest BCUT2D eigenvalue weighted by Gasteiger charge is 2.42. The third kappa shape index (κ3) is 8.89. The average Bonchev–Trinajstić information content (AvgIpc) is 1.02. The van der Waals surface area contributed by atoms with Crippen molar-refractivity contribution in [2.24, 2.45) is 0 Å². The smallest absolute Gasteiger partial charge is 0.164 e. The van der Waals surface area contributed by atoms with Crippen molar-refractivity contribution in [3.8, 4) is 114 Å². The molecule has 2 atom stereocenters. The number of para-hydroxylation sites is 2. The van der Waals surface area contributed by atoms with Crippen LogP contribution >= 0.6 is 0 Å². The van der Waals surface area contributed by atoms with E-state index in [0.717, 1.165) is 88.8 Å². The van der Waals surface area contributed by atoms with Crippen LogP contribution in [0.5, 0.6) is 0 Å². The van der Waals surface area contributed by atoms with Crippen molar-refractivity contribution in [3.05, 3.63) is 312 Å².